The summed E-state index contributed by atoms with van der Waals surface area (Å²) in [6.45, 7) is 2.07. The molecule has 0 saturated heterocycles. The third-order valence-corrected chi connectivity index (χ3v) is 2.28. The summed E-state index contributed by atoms with van der Waals surface area (Å²) in [5.74, 6) is 0.244. The molecule has 0 aliphatic carbocycles. The standard InChI is InChI=1S/C12H12N2O3/c1-3-17-12(15)11-6-8-4-5-9(16-2)7-10(8)13-14-11/h4-7H,3H2,1-2H3. The number of methoxy groups -OCH3 is 1. The molecule has 0 fully saturated rings. The monoisotopic (exact) mass is 232 g/mol. The largest absolute Gasteiger partial charge is 0.497 e. The van der Waals surface area contributed by atoms with Gasteiger partial charge >= 0.3 is 5.97 Å². The van der Waals surface area contributed by atoms with Crippen LogP contribution in [0.1, 0.15) is 17.4 Å². The van der Waals surface area contributed by atoms with Gasteiger partial charge < -0.3 is 9.47 Å². The number of ether oxygens (including phenoxy) is 2. The van der Waals surface area contributed by atoms with Crippen molar-refractivity contribution in [3.8, 4) is 5.75 Å². The number of rotatable bonds is 3. The van der Waals surface area contributed by atoms with E-state index in [4.69, 9.17) is 9.47 Å². The highest BCUT2D eigenvalue weighted by molar-refractivity contribution is 5.91. The predicted octanol–water partition coefficient (Wildman–Crippen LogP) is 1.82. The molecule has 2 rings (SSSR count). The molecule has 1 aromatic heterocycles. The fourth-order valence-electron chi connectivity index (χ4n) is 1.45. The van der Waals surface area contributed by atoms with Crippen LogP contribution in [0.4, 0.5) is 0 Å². The molecule has 0 atom stereocenters. The Hall–Kier alpha value is -2.17. The molecular formula is C12H12N2O3. The first kappa shape index (κ1) is 11.3. The number of nitrogens with zero attached hydrogens (tertiary/aromatic N) is 2. The number of hydrogen-bond acceptors (Lipinski definition) is 5. The lowest BCUT2D eigenvalue weighted by Gasteiger charge is -2.03. The van der Waals surface area contributed by atoms with Crippen LogP contribution in [0, 0.1) is 0 Å². The van der Waals surface area contributed by atoms with Crippen molar-refractivity contribution in [2.45, 2.75) is 6.92 Å². The number of hydrogen-bond donors (Lipinski definition) is 0. The number of benzene rings is 1. The maximum Gasteiger partial charge on any atom is 0.358 e. The Morgan fingerprint density at radius 1 is 1.29 bits per heavy atom. The summed E-state index contributed by atoms with van der Waals surface area (Å²) >= 11 is 0. The number of esters is 1. The van der Waals surface area contributed by atoms with Gasteiger partial charge in [0.25, 0.3) is 0 Å². The maximum absolute atomic E-state index is 11.5. The van der Waals surface area contributed by atoms with Crippen LogP contribution in [0.15, 0.2) is 24.3 Å². The Morgan fingerprint density at radius 3 is 2.82 bits per heavy atom. The van der Waals surface area contributed by atoms with Crippen LogP contribution in [-0.4, -0.2) is 29.9 Å². The molecule has 17 heavy (non-hydrogen) atoms. The van der Waals surface area contributed by atoms with Gasteiger partial charge in [-0.3, -0.25) is 0 Å². The second-order valence-corrected chi connectivity index (χ2v) is 3.37. The Bertz CT molecular complexity index is 554. The van der Waals surface area contributed by atoms with Crippen molar-refractivity contribution in [3.63, 3.8) is 0 Å². The van der Waals surface area contributed by atoms with Gasteiger partial charge in [-0.2, -0.15) is 0 Å². The van der Waals surface area contributed by atoms with Crippen molar-refractivity contribution in [1.82, 2.24) is 10.2 Å². The lowest BCUT2D eigenvalue weighted by atomic mass is 10.2. The van der Waals surface area contributed by atoms with Crippen molar-refractivity contribution >= 4 is 16.9 Å². The Balaban J connectivity index is 2.41. The lowest BCUT2D eigenvalue weighted by molar-refractivity contribution is 0.0518. The van der Waals surface area contributed by atoms with Gasteiger partial charge in [-0.15, -0.1) is 10.2 Å². The van der Waals surface area contributed by atoms with E-state index in [0.717, 1.165) is 5.39 Å². The number of carbonyl (C=O) groups is 1. The minimum atomic E-state index is -0.460. The van der Waals surface area contributed by atoms with E-state index in [-0.39, 0.29) is 5.69 Å². The number of carbonyl (C=O) groups excluding carboxylic acids is 1. The molecule has 0 unspecified atom stereocenters. The van der Waals surface area contributed by atoms with Crippen LogP contribution in [0.5, 0.6) is 5.75 Å². The van der Waals surface area contributed by atoms with Crippen molar-refractivity contribution in [3.05, 3.63) is 30.0 Å². The lowest BCUT2D eigenvalue weighted by Crippen LogP contribution is -2.07. The highest BCUT2D eigenvalue weighted by Gasteiger charge is 2.10. The molecule has 0 amide bonds. The van der Waals surface area contributed by atoms with Gasteiger partial charge in [0.05, 0.1) is 19.2 Å². The molecule has 1 heterocycles. The van der Waals surface area contributed by atoms with Gasteiger partial charge in [-0.05, 0) is 25.1 Å². The van der Waals surface area contributed by atoms with Crippen molar-refractivity contribution in [2.24, 2.45) is 0 Å². The molecular weight excluding hydrogens is 220 g/mol. The fraction of sp³-hybridized carbons (Fsp3) is 0.250. The van der Waals surface area contributed by atoms with E-state index in [2.05, 4.69) is 10.2 Å². The molecule has 5 nitrogen and oxygen atoms in total. The van der Waals surface area contributed by atoms with Crippen molar-refractivity contribution in [1.29, 1.82) is 0 Å². The van der Waals surface area contributed by atoms with Crippen LogP contribution >= 0.6 is 0 Å². The maximum atomic E-state index is 11.5. The van der Waals surface area contributed by atoms with E-state index in [1.807, 2.05) is 6.07 Å². The van der Waals surface area contributed by atoms with E-state index in [1.165, 1.54) is 0 Å². The minimum Gasteiger partial charge on any atom is -0.497 e. The molecule has 0 bridgehead atoms. The van der Waals surface area contributed by atoms with Crippen LogP contribution < -0.4 is 4.74 Å². The van der Waals surface area contributed by atoms with E-state index >= 15 is 0 Å². The zero-order valence-corrected chi connectivity index (χ0v) is 9.64. The number of aromatic nitrogens is 2. The fourth-order valence-corrected chi connectivity index (χ4v) is 1.45. The van der Waals surface area contributed by atoms with Gasteiger partial charge in [-0.1, -0.05) is 0 Å². The minimum absolute atomic E-state index is 0.213. The summed E-state index contributed by atoms with van der Waals surface area (Å²) in [4.78, 5) is 11.5. The van der Waals surface area contributed by atoms with Crippen LogP contribution in [0.25, 0.3) is 10.9 Å². The van der Waals surface area contributed by atoms with Gasteiger partial charge in [0.15, 0.2) is 5.69 Å². The molecule has 2 aromatic rings. The van der Waals surface area contributed by atoms with E-state index < -0.39 is 5.97 Å². The molecule has 0 radical (unpaired) electrons. The van der Waals surface area contributed by atoms with E-state index in [1.54, 1.807) is 32.2 Å². The van der Waals surface area contributed by atoms with Crippen LogP contribution in [0.3, 0.4) is 0 Å². The topological polar surface area (TPSA) is 61.3 Å². The van der Waals surface area contributed by atoms with Crippen LogP contribution in [0.2, 0.25) is 0 Å². The first-order valence-corrected chi connectivity index (χ1v) is 5.23. The zero-order valence-electron chi connectivity index (χ0n) is 9.64. The Kier molecular flexibility index (Phi) is 3.18. The first-order chi connectivity index (χ1) is 8.24. The Labute approximate surface area is 98.4 Å². The summed E-state index contributed by atoms with van der Waals surface area (Å²) in [7, 11) is 1.58. The molecule has 0 aliphatic heterocycles. The molecule has 0 spiro atoms. The number of fused-ring (bicyclic) bond motifs is 1. The summed E-state index contributed by atoms with van der Waals surface area (Å²) in [5, 5.41) is 8.61. The van der Waals surface area contributed by atoms with Crippen molar-refractivity contribution in [2.75, 3.05) is 13.7 Å². The van der Waals surface area contributed by atoms with E-state index in [0.29, 0.717) is 17.9 Å². The molecule has 1 aromatic carbocycles. The SMILES string of the molecule is CCOC(=O)c1cc2ccc(OC)cc2nn1. The smallest absolute Gasteiger partial charge is 0.358 e. The Morgan fingerprint density at radius 2 is 2.12 bits per heavy atom. The summed E-state index contributed by atoms with van der Waals surface area (Å²) in [6, 6.07) is 7.04. The first-order valence-electron chi connectivity index (χ1n) is 5.23. The molecule has 88 valence electrons. The quantitative estimate of drug-likeness (QED) is 0.755. The second kappa shape index (κ2) is 4.78. The molecule has 5 heteroatoms. The average Bonchev–Trinajstić information content (AvgIpc) is 2.37. The highest BCUT2D eigenvalue weighted by atomic mass is 16.5. The van der Waals surface area contributed by atoms with Crippen molar-refractivity contribution < 1.29 is 14.3 Å². The molecule has 0 N–H and O–H groups in total. The average molecular weight is 232 g/mol. The molecule has 0 aliphatic rings. The predicted molar refractivity (Wildman–Crippen MR) is 62.0 cm³/mol. The van der Waals surface area contributed by atoms with Crippen LogP contribution in [-0.2, 0) is 4.74 Å². The summed E-state index contributed by atoms with van der Waals surface area (Å²) in [5.41, 5.74) is 0.891. The summed E-state index contributed by atoms with van der Waals surface area (Å²) in [6.07, 6.45) is 0. The zero-order chi connectivity index (χ0) is 12.3. The third-order valence-electron chi connectivity index (χ3n) is 2.28. The van der Waals surface area contributed by atoms with Gasteiger partial charge in [0.1, 0.15) is 5.75 Å². The summed E-state index contributed by atoms with van der Waals surface area (Å²) < 4.78 is 9.93. The highest BCUT2D eigenvalue weighted by Crippen LogP contribution is 2.18. The normalized spacial score (nSPS) is 10.2. The third kappa shape index (κ3) is 2.33. The van der Waals surface area contributed by atoms with Gasteiger partial charge in [0, 0.05) is 11.5 Å². The second-order valence-electron chi connectivity index (χ2n) is 3.37. The van der Waals surface area contributed by atoms with Gasteiger partial charge in [-0.25, -0.2) is 4.79 Å². The molecule has 0 saturated carbocycles. The van der Waals surface area contributed by atoms with Gasteiger partial charge in [0.2, 0.25) is 0 Å². The van der Waals surface area contributed by atoms with E-state index in [9.17, 15) is 4.79 Å².